The molecule has 3 fully saturated rings. The van der Waals surface area contributed by atoms with Crippen molar-refractivity contribution in [3.63, 3.8) is 0 Å². The van der Waals surface area contributed by atoms with Gasteiger partial charge in [-0.2, -0.15) is 0 Å². The van der Waals surface area contributed by atoms with Crippen molar-refractivity contribution in [3.05, 3.63) is 11.6 Å². The molecule has 0 aromatic carbocycles. The number of hydrogen-bond donors (Lipinski definition) is 0. The molecule has 0 radical (unpaired) electrons. The lowest BCUT2D eigenvalue weighted by molar-refractivity contribution is -0.0353. The van der Waals surface area contributed by atoms with Gasteiger partial charge in [0.15, 0.2) is 0 Å². The van der Waals surface area contributed by atoms with Crippen molar-refractivity contribution in [2.24, 2.45) is 23.2 Å². The van der Waals surface area contributed by atoms with E-state index in [2.05, 4.69) is 26.8 Å². The Bertz CT molecular complexity index is 409. The molecular formula is C18H29B. The molecule has 2 saturated heterocycles. The van der Waals surface area contributed by atoms with Gasteiger partial charge in [-0.15, -0.1) is 0 Å². The minimum absolute atomic E-state index is 0.599. The molecule has 2 heterocycles. The van der Waals surface area contributed by atoms with Gasteiger partial charge in [0.05, 0.1) is 0 Å². The summed E-state index contributed by atoms with van der Waals surface area (Å²) in [5.74, 6) is 3.83. The molecule has 5 aliphatic rings. The Morgan fingerprint density at radius 2 is 1.84 bits per heavy atom. The van der Waals surface area contributed by atoms with Gasteiger partial charge in [0.1, 0.15) is 7.28 Å². The van der Waals surface area contributed by atoms with Gasteiger partial charge in [-0.05, 0) is 34.9 Å². The first kappa shape index (κ1) is 12.5. The zero-order valence-electron chi connectivity index (χ0n) is 13.0. The molecule has 0 N–H and O–H groups in total. The van der Waals surface area contributed by atoms with Crippen LogP contribution in [0.3, 0.4) is 0 Å². The maximum absolute atomic E-state index is 2.78. The molecule has 3 aliphatic carbocycles. The second-order valence-electron chi connectivity index (χ2n) is 8.82. The third-order valence-electron chi connectivity index (χ3n) is 7.72. The third kappa shape index (κ3) is 1.60. The van der Waals surface area contributed by atoms with E-state index in [9.17, 15) is 0 Å². The van der Waals surface area contributed by atoms with Crippen LogP contribution in [0.2, 0.25) is 11.1 Å². The van der Waals surface area contributed by atoms with Crippen molar-refractivity contribution in [2.75, 3.05) is 0 Å². The Balaban J connectivity index is 1.69. The SMILES string of the molecule is CC1C(C23BC(CCC2)CCC3)=CC2CC1C2(C)C. The van der Waals surface area contributed by atoms with Crippen LogP contribution in [-0.4, -0.2) is 7.28 Å². The predicted molar refractivity (Wildman–Crippen MR) is 83.9 cm³/mol. The summed E-state index contributed by atoms with van der Waals surface area (Å²) in [5.41, 5.74) is 2.53. The zero-order chi connectivity index (χ0) is 13.3. The van der Waals surface area contributed by atoms with E-state index in [1.165, 1.54) is 44.9 Å². The number of rotatable bonds is 1. The molecular weight excluding hydrogens is 227 g/mol. The Labute approximate surface area is 119 Å². The summed E-state index contributed by atoms with van der Waals surface area (Å²) in [4.78, 5) is 0. The third-order valence-corrected chi connectivity index (χ3v) is 7.72. The van der Waals surface area contributed by atoms with E-state index < -0.39 is 0 Å². The first-order chi connectivity index (χ1) is 9.03. The van der Waals surface area contributed by atoms with Crippen LogP contribution in [0, 0.1) is 23.2 Å². The summed E-state index contributed by atoms with van der Waals surface area (Å²) in [5, 5.41) is 0.661. The lowest BCUT2D eigenvalue weighted by Crippen LogP contribution is -2.53. The minimum atomic E-state index is 0.599. The van der Waals surface area contributed by atoms with Gasteiger partial charge < -0.3 is 0 Å². The average molecular weight is 256 g/mol. The second kappa shape index (κ2) is 3.92. The van der Waals surface area contributed by atoms with Crippen LogP contribution >= 0.6 is 0 Å². The molecule has 1 saturated carbocycles. The summed E-state index contributed by atoms with van der Waals surface area (Å²) >= 11 is 0. The molecule has 0 amide bonds. The highest BCUT2D eigenvalue weighted by Gasteiger charge is 2.56. The Kier molecular flexibility index (Phi) is 2.59. The Morgan fingerprint density at radius 3 is 2.42 bits per heavy atom. The van der Waals surface area contributed by atoms with Gasteiger partial charge in [0.2, 0.25) is 0 Å². The van der Waals surface area contributed by atoms with Crippen molar-refractivity contribution in [1.29, 1.82) is 0 Å². The van der Waals surface area contributed by atoms with Crippen LogP contribution in [0.25, 0.3) is 0 Å². The normalized spacial score (nSPS) is 50.8. The summed E-state index contributed by atoms with van der Waals surface area (Å²) < 4.78 is 0. The quantitative estimate of drug-likeness (QED) is 0.458. The van der Waals surface area contributed by atoms with E-state index >= 15 is 0 Å². The van der Waals surface area contributed by atoms with Gasteiger partial charge in [-0.3, -0.25) is 0 Å². The maximum Gasteiger partial charge on any atom is 0.136 e. The smallest absolute Gasteiger partial charge is 0.0815 e. The molecule has 2 aliphatic heterocycles. The molecule has 0 nitrogen and oxygen atoms in total. The summed E-state index contributed by atoms with van der Waals surface area (Å²) in [6, 6.07) is 0. The lowest BCUT2D eigenvalue weighted by atomic mass is 9.31. The largest absolute Gasteiger partial charge is 0.136 e. The molecule has 19 heavy (non-hydrogen) atoms. The molecule has 0 aromatic heterocycles. The monoisotopic (exact) mass is 256 g/mol. The van der Waals surface area contributed by atoms with Crippen LogP contribution < -0.4 is 0 Å². The topological polar surface area (TPSA) is 0 Å². The molecule has 0 aromatic rings. The van der Waals surface area contributed by atoms with Gasteiger partial charge in [-0.25, -0.2) is 0 Å². The van der Waals surface area contributed by atoms with Crippen molar-refractivity contribution in [3.8, 4) is 0 Å². The first-order valence-electron chi connectivity index (χ1n) is 8.75. The highest BCUT2D eigenvalue weighted by atomic mass is 14.6. The van der Waals surface area contributed by atoms with E-state index in [1.54, 1.807) is 7.28 Å². The second-order valence-corrected chi connectivity index (χ2v) is 8.82. The number of allylic oxidation sites excluding steroid dienone is 2. The maximum atomic E-state index is 2.78. The molecule has 104 valence electrons. The zero-order valence-corrected chi connectivity index (χ0v) is 13.0. The molecule has 3 unspecified atom stereocenters. The fraction of sp³-hybridized carbons (Fsp3) is 0.889. The van der Waals surface area contributed by atoms with E-state index in [0.29, 0.717) is 10.7 Å². The van der Waals surface area contributed by atoms with E-state index in [1.807, 2.05) is 5.57 Å². The van der Waals surface area contributed by atoms with Crippen LogP contribution in [0.5, 0.6) is 0 Å². The summed E-state index contributed by atoms with van der Waals surface area (Å²) in [7, 11) is 1.54. The minimum Gasteiger partial charge on any atom is -0.0815 e. The summed E-state index contributed by atoms with van der Waals surface area (Å²) in [6.07, 6.45) is 13.4. The van der Waals surface area contributed by atoms with Crippen molar-refractivity contribution >= 4 is 7.28 Å². The Morgan fingerprint density at radius 1 is 1.16 bits per heavy atom. The molecule has 0 spiro atoms. The molecule has 3 atom stereocenters. The molecule has 5 rings (SSSR count). The average Bonchev–Trinajstić information content (AvgIpc) is 2.38. The van der Waals surface area contributed by atoms with Gasteiger partial charge in [0, 0.05) is 0 Å². The van der Waals surface area contributed by atoms with Crippen LogP contribution in [-0.2, 0) is 0 Å². The fourth-order valence-corrected chi connectivity index (χ4v) is 6.47. The highest BCUT2D eigenvalue weighted by molar-refractivity contribution is 6.44. The van der Waals surface area contributed by atoms with Gasteiger partial charge >= 0.3 is 0 Å². The van der Waals surface area contributed by atoms with E-state index in [0.717, 1.165) is 23.6 Å². The lowest BCUT2D eigenvalue weighted by Gasteiger charge is -2.62. The highest BCUT2D eigenvalue weighted by Crippen LogP contribution is 2.67. The Hall–Kier alpha value is -0.195. The number of fused-ring (bicyclic) bond motifs is 4. The van der Waals surface area contributed by atoms with E-state index in [4.69, 9.17) is 0 Å². The van der Waals surface area contributed by atoms with Gasteiger partial charge in [-0.1, -0.05) is 76.8 Å². The standard InChI is InChI=1S/C18H29B/c1-12-15-10-13(17(15,2)3)11-16(12)18-8-4-6-14(19-18)7-5-9-18/h11-15,19H,4-10H2,1-3H3. The van der Waals surface area contributed by atoms with Crippen molar-refractivity contribution in [1.82, 2.24) is 0 Å². The van der Waals surface area contributed by atoms with Crippen LogP contribution in [0.4, 0.5) is 0 Å². The predicted octanol–water partition coefficient (Wildman–Crippen LogP) is 4.98. The summed E-state index contributed by atoms with van der Waals surface area (Å²) in [6.45, 7) is 7.58. The van der Waals surface area contributed by atoms with Crippen molar-refractivity contribution in [2.45, 2.75) is 76.8 Å². The number of hydrogen-bond acceptors (Lipinski definition) is 0. The fourth-order valence-electron chi connectivity index (χ4n) is 6.47. The van der Waals surface area contributed by atoms with Crippen LogP contribution in [0.1, 0.15) is 65.7 Å². The van der Waals surface area contributed by atoms with Crippen molar-refractivity contribution < 1.29 is 0 Å². The van der Waals surface area contributed by atoms with E-state index in [-0.39, 0.29) is 0 Å². The van der Waals surface area contributed by atoms with Crippen LogP contribution in [0.15, 0.2) is 11.6 Å². The molecule has 4 bridgehead atoms. The first-order valence-corrected chi connectivity index (χ1v) is 8.75. The molecule has 1 heteroatoms. The van der Waals surface area contributed by atoms with Gasteiger partial charge in [0.25, 0.3) is 0 Å².